The Morgan fingerprint density at radius 3 is 1.73 bits per heavy atom. The minimum absolute atomic E-state index is 0.563. The third-order valence-corrected chi connectivity index (χ3v) is 6.17. The van der Waals surface area contributed by atoms with Crippen LogP contribution in [-0.2, 0) is 14.1 Å². The zero-order valence-electron chi connectivity index (χ0n) is 14.0. The van der Waals surface area contributed by atoms with Crippen molar-refractivity contribution in [2.24, 2.45) is 14.1 Å². The van der Waals surface area contributed by atoms with E-state index in [0.29, 0.717) is 20.1 Å². The highest BCUT2D eigenvalue weighted by Gasteiger charge is 2.09. The molecule has 2 aromatic heterocycles. The van der Waals surface area contributed by atoms with Crippen molar-refractivity contribution in [1.82, 2.24) is 19.6 Å². The van der Waals surface area contributed by atoms with Crippen LogP contribution in [0.4, 0.5) is 0 Å². The van der Waals surface area contributed by atoms with Gasteiger partial charge in [0.25, 0.3) is 0 Å². The Labute approximate surface area is 184 Å². The third kappa shape index (κ3) is 3.78. The predicted molar refractivity (Wildman–Crippen MR) is 119 cm³/mol. The maximum absolute atomic E-state index is 5.90. The lowest BCUT2D eigenvalue weighted by molar-refractivity contribution is 0.783. The average Bonchev–Trinajstić information content (AvgIpc) is 2.99. The van der Waals surface area contributed by atoms with Gasteiger partial charge in [-0.25, -0.2) is 0 Å². The molecular weight excluding hydrogens is 529 g/mol. The lowest BCUT2D eigenvalue weighted by Crippen LogP contribution is -1.89. The predicted octanol–water partition coefficient (Wildman–Crippen LogP) is 6.67. The van der Waals surface area contributed by atoms with Gasteiger partial charge in [-0.3, -0.25) is 9.36 Å². The molecule has 0 aliphatic rings. The minimum Gasteiger partial charge on any atom is -0.268 e. The first-order valence-corrected chi connectivity index (χ1v) is 10.0. The third-order valence-electron chi connectivity index (χ3n) is 3.92. The highest BCUT2D eigenvalue weighted by atomic mass is 127. The van der Waals surface area contributed by atoms with Crippen LogP contribution in [0.2, 0.25) is 20.1 Å². The van der Waals surface area contributed by atoms with E-state index >= 15 is 0 Å². The van der Waals surface area contributed by atoms with Gasteiger partial charge in [-0.1, -0.05) is 46.4 Å². The molecule has 2 heterocycles. The topological polar surface area (TPSA) is 35.6 Å². The first kappa shape index (κ1) is 20.0. The molecule has 4 rings (SSSR count). The lowest BCUT2D eigenvalue weighted by atomic mass is 10.2. The van der Waals surface area contributed by atoms with E-state index in [-0.39, 0.29) is 0 Å². The molecule has 0 atom stereocenters. The molecule has 0 bridgehead atoms. The van der Waals surface area contributed by atoms with Gasteiger partial charge in [-0.05, 0) is 53.8 Å². The van der Waals surface area contributed by atoms with Gasteiger partial charge in [0.1, 0.15) is 3.70 Å². The number of aryl methyl sites for hydroxylation is 3. The summed E-state index contributed by atoms with van der Waals surface area (Å²) in [5.74, 6) is 0. The molecule has 26 heavy (non-hydrogen) atoms. The maximum Gasteiger partial charge on any atom is 0.131 e. The summed E-state index contributed by atoms with van der Waals surface area (Å²) in [6.07, 6.45) is 0. The standard InChI is InChI=1S/C9H8Cl2N2.C8H5Cl2IN2/c1-5-6-3-7(10)8(11)4-9(6)13(2)12-5;1-13-7-3-6(10)5(9)2-4(7)8(11)12-13/h3-4H,1-2H3;2-3H,1H3. The van der Waals surface area contributed by atoms with E-state index < -0.39 is 0 Å². The van der Waals surface area contributed by atoms with Gasteiger partial charge in [-0.2, -0.15) is 10.2 Å². The number of aromatic nitrogens is 4. The second-order valence-corrected chi connectivity index (χ2v) is 8.34. The molecule has 0 saturated heterocycles. The molecule has 4 nitrogen and oxygen atoms in total. The van der Waals surface area contributed by atoms with Crippen LogP contribution >= 0.6 is 69.0 Å². The number of nitrogens with zero attached hydrogens (tertiary/aromatic N) is 4. The molecule has 0 aliphatic heterocycles. The average molecular weight is 542 g/mol. The number of hydrogen-bond acceptors (Lipinski definition) is 2. The first-order chi connectivity index (χ1) is 12.2. The minimum atomic E-state index is 0.563. The monoisotopic (exact) mass is 540 g/mol. The summed E-state index contributed by atoms with van der Waals surface area (Å²) in [6.45, 7) is 1.95. The summed E-state index contributed by atoms with van der Waals surface area (Å²) >= 11 is 25.8. The van der Waals surface area contributed by atoms with Crippen molar-refractivity contribution >= 4 is 90.8 Å². The van der Waals surface area contributed by atoms with Crippen LogP contribution in [0.1, 0.15) is 5.69 Å². The molecule has 136 valence electrons. The largest absolute Gasteiger partial charge is 0.268 e. The second kappa shape index (κ2) is 7.72. The molecule has 9 heteroatoms. The number of fused-ring (bicyclic) bond motifs is 2. The summed E-state index contributed by atoms with van der Waals surface area (Å²) < 4.78 is 4.53. The van der Waals surface area contributed by atoms with E-state index in [2.05, 4.69) is 32.8 Å². The fraction of sp³-hybridized carbons (Fsp3) is 0.176. The highest BCUT2D eigenvalue weighted by molar-refractivity contribution is 14.1. The van der Waals surface area contributed by atoms with Crippen LogP contribution in [0.25, 0.3) is 21.8 Å². The van der Waals surface area contributed by atoms with Crippen molar-refractivity contribution in [3.8, 4) is 0 Å². The van der Waals surface area contributed by atoms with Crippen molar-refractivity contribution in [2.45, 2.75) is 6.92 Å². The van der Waals surface area contributed by atoms with Gasteiger partial charge < -0.3 is 0 Å². The van der Waals surface area contributed by atoms with Crippen LogP contribution in [0, 0.1) is 10.6 Å². The zero-order chi connectivity index (χ0) is 19.2. The van der Waals surface area contributed by atoms with Gasteiger partial charge in [0.2, 0.25) is 0 Å². The highest BCUT2D eigenvalue weighted by Crippen LogP contribution is 2.30. The molecule has 0 fully saturated rings. The Hall–Kier alpha value is -0.730. The van der Waals surface area contributed by atoms with Crippen molar-refractivity contribution in [3.05, 3.63) is 53.8 Å². The molecule has 0 spiro atoms. The lowest BCUT2D eigenvalue weighted by Gasteiger charge is -1.97. The summed E-state index contributed by atoms with van der Waals surface area (Å²) in [5.41, 5.74) is 2.97. The van der Waals surface area contributed by atoms with Crippen LogP contribution in [-0.4, -0.2) is 19.6 Å². The van der Waals surface area contributed by atoms with Gasteiger partial charge in [0, 0.05) is 24.9 Å². The Morgan fingerprint density at radius 2 is 1.15 bits per heavy atom. The SMILES string of the molecule is Cc1nn(C)c2cc(Cl)c(Cl)cc12.Cn1nc(I)c2cc(Cl)c(Cl)cc21. The van der Waals surface area contributed by atoms with Gasteiger partial charge in [0.15, 0.2) is 0 Å². The number of benzene rings is 2. The first-order valence-electron chi connectivity index (χ1n) is 7.44. The summed E-state index contributed by atoms with van der Waals surface area (Å²) in [4.78, 5) is 0. The van der Waals surface area contributed by atoms with E-state index in [0.717, 1.165) is 31.2 Å². The molecule has 0 N–H and O–H groups in total. The van der Waals surface area contributed by atoms with E-state index in [1.54, 1.807) is 9.36 Å². The van der Waals surface area contributed by atoms with Crippen LogP contribution in [0.5, 0.6) is 0 Å². The maximum atomic E-state index is 5.90. The molecule has 0 unspecified atom stereocenters. The Kier molecular flexibility index (Phi) is 5.94. The van der Waals surface area contributed by atoms with Crippen molar-refractivity contribution in [2.75, 3.05) is 0 Å². The van der Waals surface area contributed by atoms with Crippen LogP contribution in [0.3, 0.4) is 0 Å². The number of halogens is 5. The summed E-state index contributed by atoms with van der Waals surface area (Å²) in [6, 6.07) is 7.35. The molecule has 0 aliphatic carbocycles. The van der Waals surface area contributed by atoms with Gasteiger partial charge >= 0.3 is 0 Å². The van der Waals surface area contributed by atoms with E-state index in [1.807, 2.05) is 45.3 Å². The normalized spacial score (nSPS) is 11.1. The smallest absolute Gasteiger partial charge is 0.131 e. The Balaban J connectivity index is 0.000000151. The molecule has 0 saturated carbocycles. The quantitative estimate of drug-likeness (QED) is 0.233. The molecule has 0 radical (unpaired) electrons. The van der Waals surface area contributed by atoms with Crippen molar-refractivity contribution in [1.29, 1.82) is 0 Å². The second-order valence-electron chi connectivity index (χ2n) is 5.69. The van der Waals surface area contributed by atoms with E-state index in [4.69, 9.17) is 46.4 Å². The fourth-order valence-electron chi connectivity index (χ4n) is 2.64. The van der Waals surface area contributed by atoms with Crippen molar-refractivity contribution in [3.63, 3.8) is 0 Å². The van der Waals surface area contributed by atoms with Gasteiger partial charge in [0.05, 0.1) is 36.8 Å². The van der Waals surface area contributed by atoms with Crippen molar-refractivity contribution < 1.29 is 0 Å². The molecule has 0 amide bonds. The Bertz CT molecular complexity index is 959. The van der Waals surface area contributed by atoms with Crippen LogP contribution < -0.4 is 0 Å². The summed E-state index contributed by atoms with van der Waals surface area (Å²) in [5, 5.41) is 12.9. The number of hydrogen-bond donors (Lipinski definition) is 0. The van der Waals surface area contributed by atoms with Crippen LogP contribution in [0.15, 0.2) is 24.3 Å². The van der Waals surface area contributed by atoms with E-state index in [1.165, 1.54) is 0 Å². The Morgan fingerprint density at radius 1 is 0.731 bits per heavy atom. The fourth-order valence-corrected chi connectivity index (χ4v) is 4.03. The number of rotatable bonds is 0. The molecule has 2 aromatic carbocycles. The zero-order valence-corrected chi connectivity index (χ0v) is 19.2. The van der Waals surface area contributed by atoms with Gasteiger partial charge in [-0.15, -0.1) is 0 Å². The summed E-state index contributed by atoms with van der Waals surface area (Å²) in [7, 11) is 3.77. The molecule has 4 aromatic rings. The molecular formula is C17H13Cl4IN4. The van der Waals surface area contributed by atoms with E-state index in [9.17, 15) is 0 Å².